The van der Waals surface area contributed by atoms with Crippen molar-refractivity contribution in [3.63, 3.8) is 0 Å². The third-order valence-corrected chi connectivity index (χ3v) is 4.06. The summed E-state index contributed by atoms with van der Waals surface area (Å²) in [4.78, 5) is 37.4. The van der Waals surface area contributed by atoms with Gasteiger partial charge in [0.2, 0.25) is 5.91 Å². The summed E-state index contributed by atoms with van der Waals surface area (Å²) in [6.07, 6.45) is -4.52. The van der Waals surface area contributed by atoms with E-state index >= 15 is 0 Å². The van der Waals surface area contributed by atoms with Crippen LogP contribution < -0.4 is 15.4 Å². The van der Waals surface area contributed by atoms with Crippen LogP contribution in [-0.2, 0) is 16.0 Å². The number of nitrogens with zero attached hydrogens (tertiary/aromatic N) is 1. The van der Waals surface area contributed by atoms with Crippen LogP contribution >= 0.6 is 0 Å². The number of anilines is 1. The van der Waals surface area contributed by atoms with Crippen LogP contribution in [0.25, 0.3) is 0 Å². The average molecular weight is 407 g/mol. The molecule has 2 aromatic rings. The lowest BCUT2D eigenvalue weighted by Gasteiger charge is -2.13. The number of hydrogen-bond acceptors (Lipinski definition) is 4. The summed E-state index contributed by atoms with van der Waals surface area (Å²) >= 11 is 0. The fourth-order valence-electron chi connectivity index (χ4n) is 2.80. The molecule has 29 heavy (non-hydrogen) atoms. The van der Waals surface area contributed by atoms with E-state index in [2.05, 4.69) is 15.4 Å². The Balaban J connectivity index is 1.56. The molecule has 0 unspecified atom stereocenters. The second-order valence-electron chi connectivity index (χ2n) is 6.24. The minimum absolute atomic E-state index is 0.192. The lowest BCUT2D eigenvalue weighted by Crippen LogP contribution is -2.38. The number of halogens is 3. The number of imide groups is 1. The van der Waals surface area contributed by atoms with Gasteiger partial charge in [0.25, 0.3) is 5.91 Å². The number of benzene rings is 2. The standard InChI is InChI=1S/C19H16F3N3O4/c20-19(21,22)29-14-8-6-13(7-9-14)23-16(26)11-25-17(27)15(24-18(25)28)10-12-4-2-1-3-5-12/h1-9,15H,10-11H2,(H,23,26)(H,24,28)/t15-/m0/s1. The van der Waals surface area contributed by atoms with Gasteiger partial charge in [-0.25, -0.2) is 4.79 Å². The topological polar surface area (TPSA) is 87.7 Å². The molecule has 0 aliphatic carbocycles. The molecule has 1 saturated heterocycles. The van der Waals surface area contributed by atoms with Gasteiger partial charge in [0, 0.05) is 12.1 Å². The number of amides is 4. The second kappa shape index (κ2) is 8.21. The number of rotatable bonds is 6. The van der Waals surface area contributed by atoms with Crippen LogP contribution in [0.5, 0.6) is 5.75 Å². The third-order valence-electron chi connectivity index (χ3n) is 4.06. The van der Waals surface area contributed by atoms with Gasteiger partial charge in [0.05, 0.1) is 0 Å². The first-order chi connectivity index (χ1) is 13.7. The summed E-state index contributed by atoms with van der Waals surface area (Å²) in [6, 6.07) is 12.1. The third kappa shape index (κ3) is 5.47. The Bertz CT molecular complexity index is 901. The van der Waals surface area contributed by atoms with E-state index in [9.17, 15) is 27.6 Å². The molecule has 0 aromatic heterocycles. The van der Waals surface area contributed by atoms with Crippen LogP contribution in [0.3, 0.4) is 0 Å². The van der Waals surface area contributed by atoms with Gasteiger partial charge in [-0.05, 0) is 29.8 Å². The largest absolute Gasteiger partial charge is 0.573 e. The molecule has 1 aliphatic heterocycles. The lowest BCUT2D eigenvalue weighted by atomic mass is 10.1. The maximum Gasteiger partial charge on any atom is 0.573 e. The van der Waals surface area contributed by atoms with E-state index in [1.54, 1.807) is 0 Å². The fraction of sp³-hybridized carbons (Fsp3) is 0.211. The van der Waals surface area contributed by atoms with E-state index < -0.39 is 42.5 Å². The molecule has 3 rings (SSSR count). The second-order valence-corrected chi connectivity index (χ2v) is 6.24. The number of nitrogens with one attached hydrogen (secondary N) is 2. The van der Waals surface area contributed by atoms with Gasteiger partial charge >= 0.3 is 12.4 Å². The van der Waals surface area contributed by atoms with Crippen LogP contribution in [0, 0.1) is 0 Å². The molecule has 0 saturated carbocycles. The van der Waals surface area contributed by atoms with Crippen molar-refractivity contribution in [3.05, 3.63) is 60.2 Å². The minimum atomic E-state index is -4.81. The lowest BCUT2D eigenvalue weighted by molar-refractivity contribution is -0.274. The summed E-state index contributed by atoms with van der Waals surface area (Å²) < 4.78 is 40.2. The molecule has 1 aliphatic rings. The van der Waals surface area contributed by atoms with Crippen LogP contribution in [-0.4, -0.2) is 41.7 Å². The first-order valence-corrected chi connectivity index (χ1v) is 8.53. The Morgan fingerprint density at radius 3 is 2.34 bits per heavy atom. The molecule has 1 atom stereocenters. The predicted molar refractivity (Wildman–Crippen MR) is 95.9 cm³/mol. The summed E-state index contributed by atoms with van der Waals surface area (Å²) in [7, 11) is 0. The van der Waals surface area contributed by atoms with Crippen molar-refractivity contribution >= 4 is 23.5 Å². The summed E-state index contributed by atoms with van der Waals surface area (Å²) in [5.74, 6) is -1.63. The molecule has 2 aromatic carbocycles. The number of alkyl halides is 3. The Kier molecular flexibility index (Phi) is 5.71. The van der Waals surface area contributed by atoms with E-state index in [0.717, 1.165) is 22.6 Å². The van der Waals surface area contributed by atoms with Crippen molar-refractivity contribution in [1.82, 2.24) is 10.2 Å². The van der Waals surface area contributed by atoms with Gasteiger partial charge in [0.1, 0.15) is 18.3 Å². The first kappa shape index (κ1) is 20.2. The molecule has 152 valence electrons. The van der Waals surface area contributed by atoms with E-state index in [0.29, 0.717) is 6.42 Å². The maximum absolute atomic E-state index is 12.4. The molecule has 1 fully saturated rings. The van der Waals surface area contributed by atoms with Crippen molar-refractivity contribution in [2.24, 2.45) is 0 Å². The van der Waals surface area contributed by atoms with Gasteiger partial charge in [-0.3, -0.25) is 14.5 Å². The number of carbonyl (C=O) groups excluding carboxylic acids is 3. The summed E-state index contributed by atoms with van der Waals surface area (Å²) in [5.41, 5.74) is 1.05. The Labute approximate surface area is 163 Å². The quantitative estimate of drug-likeness (QED) is 0.721. The van der Waals surface area contributed by atoms with Gasteiger partial charge in [0.15, 0.2) is 0 Å². The molecular weight excluding hydrogens is 391 g/mol. The van der Waals surface area contributed by atoms with Crippen molar-refractivity contribution in [3.8, 4) is 5.75 Å². The molecule has 7 nitrogen and oxygen atoms in total. The number of hydrogen-bond donors (Lipinski definition) is 2. The molecule has 2 N–H and O–H groups in total. The Morgan fingerprint density at radius 2 is 1.72 bits per heavy atom. The molecule has 0 spiro atoms. The predicted octanol–water partition coefficient (Wildman–Crippen LogP) is 2.69. The van der Waals surface area contributed by atoms with Crippen molar-refractivity contribution in [2.75, 3.05) is 11.9 Å². The average Bonchev–Trinajstić information content (AvgIpc) is 2.90. The van der Waals surface area contributed by atoms with Crippen molar-refractivity contribution in [2.45, 2.75) is 18.8 Å². The highest BCUT2D eigenvalue weighted by atomic mass is 19.4. The Morgan fingerprint density at radius 1 is 1.07 bits per heavy atom. The SMILES string of the molecule is O=C(CN1C(=O)N[C@@H](Cc2ccccc2)C1=O)Nc1ccc(OC(F)(F)F)cc1. The fourth-order valence-corrected chi connectivity index (χ4v) is 2.80. The molecule has 1 heterocycles. The number of ether oxygens (including phenoxy) is 1. The van der Waals surface area contributed by atoms with Crippen LogP contribution in [0.15, 0.2) is 54.6 Å². The molecular formula is C19H16F3N3O4. The first-order valence-electron chi connectivity index (χ1n) is 8.53. The zero-order valence-electron chi connectivity index (χ0n) is 14.9. The van der Waals surface area contributed by atoms with Gasteiger partial charge < -0.3 is 15.4 Å². The molecule has 0 radical (unpaired) electrons. The van der Waals surface area contributed by atoms with Gasteiger partial charge in [-0.1, -0.05) is 30.3 Å². The highest BCUT2D eigenvalue weighted by molar-refractivity contribution is 6.08. The van der Waals surface area contributed by atoms with Gasteiger partial charge in [-0.2, -0.15) is 0 Å². The smallest absolute Gasteiger partial charge is 0.406 e. The van der Waals surface area contributed by atoms with Crippen LogP contribution in [0.2, 0.25) is 0 Å². The maximum atomic E-state index is 12.4. The molecule has 0 bridgehead atoms. The van der Waals surface area contributed by atoms with Crippen molar-refractivity contribution < 1.29 is 32.3 Å². The number of urea groups is 1. The van der Waals surface area contributed by atoms with E-state index in [4.69, 9.17) is 0 Å². The zero-order valence-corrected chi connectivity index (χ0v) is 14.9. The van der Waals surface area contributed by atoms with E-state index in [-0.39, 0.29) is 5.69 Å². The minimum Gasteiger partial charge on any atom is -0.406 e. The van der Waals surface area contributed by atoms with E-state index in [1.165, 1.54) is 12.1 Å². The van der Waals surface area contributed by atoms with Crippen LogP contribution in [0.1, 0.15) is 5.56 Å². The van der Waals surface area contributed by atoms with Gasteiger partial charge in [-0.15, -0.1) is 13.2 Å². The number of carbonyl (C=O) groups is 3. The summed E-state index contributed by atoms with van der Waals surface area (Å²) in [5, 5.41) is 4.95. The molecule has 10 heteroatoms. The zero-order chi connectivity index (χ0) is 21.0. The normalized spacial score (nSPS) is 16.5. The highest BCUT2D eigenvalue weighted by Crippen LogP contribution is 2.24. The monoisotopic (exact) mass is 407 g/mol. The molecule has 4 amide bonds. The highest BCUT2D eigenvalue weighted by Gasteiger charge is 2.38. The van der Waals surface area contributed by atoms with Crippen LogP contribution in [0.4, 0.5) is 23.7 Å². The van der Waals surface area contributed by atoms with Crippen molar-refractivity contribution in [1.29, 1.82) is 0 Å². The van der Waals surface area contributed by atoms with E-state index in [1.807, 2.05) is 30.3 Å². The summed E-state index contributed by atoms with van der Waals surface area (Å²) in [6.45, 7) is -0.517. The Hall–Kier alpha value is -3.56.